The molecule has 1 amide bonds. The molecule has 0 aliphatic heterocycles. The third-order valence-electron chi connectivity index (χ3n) is 2.99. The molecule has 3 N–H and O–H groups in total. The van der Waals surface area contributed by atoms with Crippen LogP contribution in [0.15, 0.2) is 24.5 Å². The minimum absolute atomic E-state index is 0.187. The fourth-order valence-electron chi connectivity index (χ4n) is 2.01. The van der Waals surface area contributed by atoms with Gasteiger partial charge in [-0.1, -0.05) is 13.8 Å². The number of amides is 1. The van der Waals surface area contributed by atoms with Gasteiger partial charge in [0.05, 0.1) is 17.4 Å². The Labute approximate surface area is 116 Å². The fraction of sp³-hybridized carbons (Fsp3) is 0.357. The number of imidazole rings is 1. The van der Waals surface area contributed by atoms with E-state index >= 15 is 0 Å². The lowest BCUT2D eigenvalue weighted by Crippen LogP contribution is -2.41. The molecule has 0 saturated carbocycles. The van der Waals surface area contributed by atoms with Crippen molar-refractivity contribution in [3.63, 3.8) is 0 Å². The number of carboxylic acids is 1. The number of rotatable bonds is 5. The predicted molar refractivity (Wildman–Crippen MR) is 74.4 cm³/mol. The molecule has 0 spiro atoms. The van der Waals surface area contributed by atoms with Crippen LogP contribution < -0.4 is 5.32 Å². The smallest absolute Gasteiger partial charge is 0.326 e. The molecule has 20 heavy (non-hydrogen) atoms. The molecule has 2 aromatic rings. The highest BCUT2D eigenvalue weighted by Gasteiger charge is 2.21. The Kier molecular flexibility index (Phi) is 4.02. The van der Waals surface area contributed by atoms with Gasteiger partial charge in [0.25, 0.3) is 5.91 Å². The SMILES string of the molecule is CC(C)C[C@H](NC(=O)c1ccc2nc[nH]c2c1)C(=O)O. The zero-order chi connectivity index (χ0) is 14.7. The van der Waals surface area contributed by atoms with Crippen molar-refractivity contribution in [3.8, 4) is 0 Å². The Bertz CT molecular complexity index is 633. The number of aromatic amines is 1. The molecule has 2 rings (SSSR count). The molecule has 0 unspecified atom stereocenters. The van der Waals surface area contributed by atoms with E-state index in [9.17, 15) is 9.59 Å². The van der Waals surface area contributed by atoms with Crippen LogP contribution in [0.25, 0.3) is 11.0 Å². The number of hydrogen-bond donors (Lipinski definition) is 3. The van der Waals surface area contributed by atoms with Crippen LogP contribution in [-0.4, -0.2) is 33.0 Å². The number of fused-ring (bicyclic) bond motifs is 1. The van der Waals surface area contributed by atoms with Crippen LogP contribution in [-0.2, 0) is 4.79 Å². The number of carbonyl (C=O) groups excluding carboxylic acids is 1. The van der Waals surface area contributed by atoms with Crippen LogP contribution in [0.1, 0.15) is 30.6 Å². The molecule has 1 atom stereocenters. The third-order valence-corrected chi connectivity index (χ3v) is 2.99. The molecule has 0 aliphatic rings. The van der Waals surface area contributed by atoms with Gasteiger partial charge in [-0.15, -0.1) is 0 Å². The monoisotopic (exact) mass is 275 g/mol. The lowest BCUT2D eigenvalue weighted by molar-refractivity contribution is -0.139. The van der Waals surface area contributed by atoms with E-state index < -0.39 is 17.9 Å². The van der Waals surface area contributed by atoms with Gasteiger partial charge < -0.3 is 15.4 Å². The number of hydrogen-bond acceptors (Lipinski definition) is 3. The van der Waals surface area contributed by atoms with Gasteiger partial charge in [-0.25, -0.2) is 9.78 Å². The molecule has 0 aliphatic carbocycles. The first-order valence-corrected chi connectivity index (χ1v) is 6.44. The van der Waals surface area contributed by atoms with E-state index in [1.54, 1.807) is 24.5 Å². The minimum Gasteiger partial charge on any atom is -0.480 e. The zero-order valence-corrected chi connectivity index (χ0v) is 11.4. The van der Waals surface area contributed by atoms with Gasteiger partial charge in [0.15, 0.2) is 0 Å². The van der Waals surface area contributed by atoms with Crippen molar-refractivity contribution in [1.82, 2.24) is 15.3 Å². The van der Waals surface area contributed by atoms with Gasteiger partial charge in [0, 0.05) is 5.56 Å². The van der Waals surface area contributed by atoms with E-state index in [2.05, 4.69) is 15.3 Å². The van der Waals surface area contributed by atoms with Crippen LogP contribution in [0.4, 0.5) is 0 Å². The molecule has 1 aromatic heterocycles. The lowest BCUT2D eigenvalue weighted by Gasteiger charge is -2.16. The number of carboxylic acid groups (broad SMARTS) is 1. The Balaban J connectivity index is 2.15. The molecule has 106 valence electrons. The summed E-state index contributed by atoms with van der Waals surface area (Å²) in [7, 11) is 0. The maximum Gasteiger partial charge on any atom is 0.326 e. The molecule has 1 heterocycles. The van der Waals surface area contributed by atoms with Gasteiger partial charge in [0.2, 0.25) is 0 Å². The van der Waals surface area contributed by atoms with Crippen molar-refractivity contribution in [2.75, 3.05) is 0 Å². The number of carbonyl (C=O) groups is 2. The van der Waals surface area contributed by atoms with Gasteiger partial charge >= 0.3 is 5.97 Å². The normalized spacial score (nSPS) is 12.6. The lowest BCUT2D eigenvalue weighted by atomic mass is 10.0. The molecule has 6 heteroatoms. The first-order valence-electron chi connectivity index (χ1n) is 6.44. The Hall–Kier alpha value is -2.37. The Morgan fingerprint density at radius 1 is 1.40 bits per heavy atom. The highest BCUT2D eigenvalue weighted by atomic mass is 16.4. The van der Waals surface area contributed by atoms with Crippen molar-refractivity contribution in [1.29, 1.82) is 0 Å². The Morgan fingerprint density at radius 3 is 2.80 bits per heavy atom. The van der Waals surface area contributed by atoms with E-state index in [0.717, 1.165) is 11.0 Å². The number of benzene rings is 1. The Morgan fingerprint density at radius 2 is 2.15 bits per heavy atom. The highest BCUT2D eigenvalue weighted by Crippen LogP contribution is 2.12. The summed E-state index contributed by atoms with van der Waals surface area (Å²) in [6.45, 7) is 3.83. The second-order valence-electron chi connectivity index (χ2n) is 5.13. The van der Waals surface area contributed by atoms with E-state index in [0.29, 0.717) is 12.0 Å². The molecular formula is C14H17N3O3. The standard InChI is InChI=1S/C14H17N3O3/c1-8(2)5-12(14(19)20)17-13(18)9-3-4-10-11(6-9)16-7-15-10/h3-4,6-8,12H,5H2,1-2H3,(H,15,16)(H,17,18)(H,19,20)/t12-/m0/s1. The van der Waals surface area contributed by atoms with Gasteiger partial charge in [-0.2, -0.15) is 0 Å². The number of aromatic nitrogens is 2. The van der Waals surface area contributed by atoms with Crippen LogP contribution in [0.2, 0.25) is 0 Å². The molecular weight excluding hydrogens is 258 g/mol. The van der Waals surface area contributed by atoms with E-state index in [-0.39, 0.29) is 5.92 Å². The van der Waals surface area contributed by atoms with Crippen molar-refractivity contribution < 1.29 is 14.7 Å². The maximum atomic E-state index is 12.1. The van der Waals surface area contributed by atoms with Crippen molar-refractivity contribution >= 4 is 22.9 Å². The molecule has 6 nitrogen and oxygen atoms in total. The van der Waals surface area contributed by atoms with Crippen LogP contribution in [0.3, 0.4) is 0 Å². The van der Waals surface area contributed by atoms with Crippen molar-refractivity contribution in [3.05, 3.63) is 30.1 Å². The minimum atomic E-state index is -1.02. The fourth-order valence-corrected chi connectivity index (χ4v) is 2.01. The number of nitrogens with one attached hydrogen (secondary N) is 2. The summed E-state index contributed by atoms with van der Waals surface area (Å²) in [5.74, 6) is -1.23. The molecule has 0 fully saturated rings. The zero-order valence-electron chi connectivity index (χ0n) is 11.4. The summed E-state index contributed by atoms with van der Waals surface area (Å²) < 4.78 is 0. The third kappa shape index (κ3) is 3.14. The highest BCUT2D eigenvalue weighted by molar-refractivity contribution is 5.99. The van der Waals surface area contributed by atoms with Crippen molar-refractivity contribution in [2.24, 2.45) is 5.92 Å². The molecule has 1 aromatic carbocycles. The van der Waals surface area contributed by atoms with Gasteiger partial charge in [-0.05, 0) is 30.5 Å². The van der Waals surface area contributed by atoms with E-state index in [4.69, 9.17) is 5.11 Å². The second kappa shape index (κ2) is 5.73. The number of nitrogens with zero attached hydrogens (tertiary/aromatic N) is 1. The second-order valence-corrected chi connectivity index (χ2v) is 5.13. The van der Waals surface area contributed by atoms with Crippen LogP contribution >= 0.6 is 0 Å². The summed E-state index contributed by atoms with van der Waals surface area (Å²) >= 11 is 0. The summed E-state index contributed by atoms with van der Waals surface area (Å²) in [5, 5.41) is 11.7. The van der Waals surface area contributed by atoms with E-state index in [1.807, 2.05) is 13.8 Å². The molecule has 0 saturated heterocycles. The quantitative estimate of drug-likeness (QED) is 0.775. The largest absolute Gasteiger partial charge is 0.480 e. The first kappa shape index (κ1) is 14.0. The number of H-pyrrole nitrogens is 1. The van der Waals surface area contributed by atoms with Gasteiger partial charge in [-0.3, -0.25) is 4.79 Å². The topological polar surface area (TPSA) is 95.1 Å². The maximum absolute atomic E-state index is 12.1. The van der Waals surface area contributed by atoms with Crippen LogP contribution in [0.5, 0.6) is 0 Å². The average molecular weight is 275 g/mol. The average Bonchev–Trinajstić information content (AvgIpc) is 2.84. The first-order chi connectivity index (χ1) is 9.47. The summed E-state index contributed by atoms with van der Waals surface area (Å²) in [6.07, 6.45) is 1.94. The van der Waals surface area contributed by atoms with Crippen LogP contribution in [0, 0.1) is 5.92 Å². The van der Waals surface area contributed by atoms with Crippen molar-refractivity contribution in [2.45, 2.75) is 26.3 Å². The molecule has 0 radical (unpaired) electrons. The summed E-state index contributed by atoms with van der Waals surface area (Å²) in [4.78, 5) is 30.2. The van der Waals surface area contributed by atoms with E-state index in [1.165, 1.54) is 0 Å². The number of aliphatic carboxylic acids is 1. The molecule has 0 bridgehead atoms. The summed E-state index contributed by atoms with van der Waals surface area (Å²) in [5.41, 5.74) is 1.92. The predicted octanol–water partition coefficient (Wildman–Crippen LogP) is 1.79. The van der Waals surface area contributed by atoms with Gasteiger partial charge in [0.1, 0.15) is 6.04 Å². The summed E-state index contributed by atoms with van der Waals surface area (Å²) in [6, 6.07) is 4.14.